The maximum absolute atomic E-state index is 12.1. The summed E-state index contributed by atoms with van der Waals surface area (Å²) < 4.78 is 5.45. The number of alkyl carbamates (subject to hydrolysis) is 1. The van der Waals surface area contributed by atoms with Crippen LogP contribution in [0.25, 0.3) is 11.1 Å². The largest absolute Gasteiger partial charge is 0.449 e. The average Bonchev–Trinajstić information content (AvgIpc) is 3.09. The normalized spacial score (nSPS) is 11.4. The number of nitriles is 1. The topological polar surface area (TPSA) is 75.0 Å². The fourth-order valence-corrected chi connectivity index (χ4v) is 3.47. The lowest BCUT2D eigenvalue weighted by Gasteiger charge is -2.14. The lowest BCUT2D eigenvalue weighted by molar-refractivity contribution is 0.144. The number of hydrogen-bond acceptors (Lipinski definition) is 4. The van der Waals surface area contributed by atoms with Gasteiger partial charge < -0.3 is 10.1 Å². The Bertz CT molecular complexity index is 1120. The van der Waals surface area contributed by atoms with E-state index in [0.717, 1.165) is 0 Å². The molecule has 1 aromatic heterocycles. The average molecular weight is 379 g/mol. The van der Waals surface area contributed by atoms with Gasteiger partial charge in [-0.3, -0.25) is 0 Å². The molecule has 0 unspecified atom stereocenters. The summed E-state index contributed by atoms with van der Waals surface area (Å²) in [7, 11) is 0. The predicted molar refractivity (Wildman–Crippen MR) is 109 cm³/mol. The number of nitrogens with one attached hydrogen (secondary N) is 1. The first kappa shape index (κ1) is 18.3. The van der Waals surface area contributed by atoms with Crippen molar-refractivity contribution < 1.29 is 9.53 Å². The Morgan fingerprint density at radius 3 is 2.31 bits per heavy atom. The second-order valence-corrected chi connectivity index (χ2v) is 6.50. The third kappa shape index (κ3) is 3.95. The van der Waals surface area contributed by atoms with Gasteiger partial charge in [-0.05, 0) is 40.3 Å². The summed E-state index contributed by atoms with van der Waals surface area (Å²) in [4.78, 5) is 16.1. The van der Waals surface area contributed by atoms with Gasteiger partial charge in [0.25, 0.3) is 0 Å². The Morgan fingerprint density at radius 1 is 0.966 bits per heavy atom. The molecule has 4 rings (SSSR count). The van der Waals surface area contributed by atoms with Crippen molar-refractivity contribution in [2.45, 2.75) is 5.92 Å². The summed E-state index contributed by atoms with van der Waals surface area (Å²) in [6.45, 7) is 0.397. The van der Waals surface area contributed by atoms with E-state index in [9.17, 15) is 4.79 Å². The second-order valence-electron chi connectivity index (χ2n) is 6.50. The molecule has 0 saturated heterocycles. The molecule has 3 aromatic rings. The van der Waals surface area contributed by atoms with Gasteiger partial charge in [-0.1, -0.05) is 60.5 Å². The zero-order chi connectivity index (χ0) is 20.1. The van der Waals surface area contributed by atoms with Crippen molar-refractivity contribution >= 4 is 6.09 Å². The molecule has 1 amide bonds. The standard InChI is InChI=1S/C24H17N3O2/c25-15-18-8-5-7-17(27-18)9-6-14-26-24(28)29-16-23-21-12-3-1-10-19(21)20-11-2-4-13-22(20)23/h1-5,7-8,10-13,23H,14,16H2,(H,26,28). The Hall–Kier alpha value is -4.09. The van der Waals surface area contributed by atoms with E-state index in [2.05, 4.69) is 46.4 Å². The summed E-state index contributed by atoms with van der Waals surface area (Å²) in [5.41, 5.74) is 5.51. The Balaban J connectivity index is 1.35. The summed E-state index contributed by atoms with van der Waals surface area (Å²) in [5, 5.41) is 11.5. The summed E-state index contributed by atoms with van der Waals surface area (Å²) in [5.74, 6) is 5.65. The maximum atomic E-state index is 12.1. The van der Waals surface area contributed by atoms with Crippen molar-refractivity contribution in [2.24, 2.45) is 0 Å². The maximum Gasteiger partial charge on any atom is 0.407 e. The zero-order valence-corrected chi connectivity index (χ0v) is 15.6. The van der Waals surface area contributed by atoms with Crippen molar-refractivity contribution in [3.05, 3.63) is 89.2 Å². The number of hydrogen-bond donors (Lipinski definition) is 1. The molecule has 2 aromatic carbocycles. The number of rotatable bonds is 3. The van der Waals surface area contributed by atoms with Crippen molar-refractivity contribution in [3.63, 3.8) is 0 Å². The van der Waals surface area contributed by atoms with Crippen LogP contribution in [0.1, 0.15) is 28.4 Å². The molecule has 1 heterocycles. The molecule has 0 fully saturated rings. The third-order valence-corrected chi connectivity index (χ3v) is 4.74. The van der Waals surface area contributed by atoms with E-state index in [4.69, 9.17) is 10.00 Å². The number of fused-ring (bicyclic) bond motifs is 3. The van der Waals surface area contributed by atoms with Gasteiger partial charge in [0.05, 0.1) is 6.54 Å². The van der Waals surface area contributed by atoms with Crippen LogP contribution >= 0.6 is 0 Å². The molecule has 0 radical (unpaired) electrons. The first-order valence-electron chi connectivity index (χ1n) is 9.21. The first-order chi connectivity index (χ1) is 14.3. The van der Waals surface area contributed by atoms with Crippen molar-refractivity contribution in [1.29, 1.82) is 5.26 Å². The molecule has 1 N–H and O–H groups in total. The fraction of sp³-hybridized carbons (Fsp3) is 0.125. The predicted octanol–water partition coefficient (Wildman–Crippen LogP) is 3.84. The molecule has 0 saturated carbocycles. The number of carbonyl (C=O) groups is 1. The lowest BCUT2D eigenvalue weighted by atomic mass is 9.98. The van der Waals surface area contributed by atoms with E-state index < -0.39 is 6.09 Å². The van der Waals surface area contributed by atoms with Gasteiger partial charge in [-0.2, -0.15) is 5.26 Å². The SMILES string of the molecule is N#Cc1cccc(C#CCNC(=O)OCC2c3ccccc3-c3ccccc32)n1. The van der Waals surface area contributed by atoms with Gasteiger partial charge in [-0.25, -0.2) is 9.78 Å². The molecular formula is C24H17N3O2. The van der Waals surface area contributed by atoms with E-state index >= 15 is 0 Å². The summed E-state index contributed by atoms with van der Waals surface area (Å²) >= 11 is 0. The highest BCUT2D eigenvalue weighted by Crippen LogP contribution is 2.44. The van der Waals surface area contributed by atoms with Crippen LogP contribution in [0.2, 0.25) is 0 Å². The Labute approximate surface area is 169 Å². The van der Waals surface area contributed by atoms with Crippen LogP contribution in [0.3, 0.4) is 0 Å². The van der Waals surface area contributed by atoms with E-state index in [0.29, 0.717) is 11.4 Å². The molecule has 140 valence electrons. The number of amides is 1. The molecule has 0 spiro atoms. The van der Waals surface area contributed by atoms with Gasteiger partial charge in [0.15, 0.2) is 0 Å². The molecule has 1 aliphatic rings. The van der Waals surface area contributed by atoms with Gasteiger partial charge in [-0.15, -0.1) is 0 Å². The van der Waals surface area contributed by atoms with Crippen LogP contribution in [0.15, 0.2) is 66.7 Å². The Kier molecular flexibility index (Phi) is 5.23. The van der Waals surface area contributed by atoms with Crippen LogP contribution in [-0.4, -0.2) is 24.2 Å². The second kappa shape index (κ2) is 8.29. The highest BCUT2D eigenvalue weighted by atomic mass is 16.5. The van der Waals surface area contributed by atoms with Gasteiger partial charge >= 0.3 is 6.09 Å². The van der Waals surface area contributed by atoms with Crippen LogP contribution in [0.5, 0.6) is 0 Å². The molecule has 0 bridgehead atoms. The minimum Gasteiger partial charge on any atom is -0.449 e. The number of ether oxygens (including phenoxy) is 1. The molecular weight excluding hydrogens is 362 g/mol. The molecule has 5 heteroatoms. The van der Waals surface area contributed by atoms with E-state index in [1.807, 2.05) is 30.3 Å². The van der Waals surface area contributed by atoms with E-state index in [-0.39, 0.29) is 19.1 Å². The van der Waals surface area contributed by atoms with Crippen molar-refractivity contribution in [1.82, 2.24) is 10.3 Å². The van der Waals surface area contributed by atoms with Gasteiger partial charge in [0.1, 0.15) is 24.1 Å². The van der Waals surface area contributed by atoms with Gasteiger partial charge in [0.2, 0.25) is 0 Å². The molecule has 0 aliphatic heterocycles. The van der Waals surface area contributed by atoms with E-state index in [1.165, 1.54) is 22.3 Å². The van der Waals surface area contributed by atoms with Crippen molar-refractivity contribution in [3.8, 4) is 29.0 Å². The first-order valence-corrected chi connectivity index (χ1v) is 9.21. The molecule has 5 nitrogen and oxygen atoms in total. The van der Waals surface area contributed by atoms with Crippen LogP contribution in [0.4, 0.5) is 4.79 Å². The smallest absolute Gasteiger partial charge is 0.407 e. The number of nitrogens with zero attached hydrogens (tertiary/aromatic N) is 2. The summed E-state index contributed by atoms with van der Waals surface area (Å²) in [6, 6.07) is 23.4. The number of pyridine rings is 1. The van der Waals surface area contributed by atoms with E-state index in [1.54, 1.807) is 18.2 Å². The number of benzene rings is 2. The number of carbonyl (C=O) groups excluding carboxylic acids is 1. The number of aromatic nitrogens is 1. The van der Waals surface area contributed by atoms with Crippen LogP contribution in [0, 0.1) is 23.2 Å². The third-order valence-electron chi connectivity index (χ3n) is 4.74. The fourth-order valence-electron chi connectivity index (χ4n) is 3.47. The monoisotopic (exact) mass is 379 g/mol. The highest BCUT2D eigenvalue weighted by molar-refractivity contribution is 5.79. The molecule has 0 atom stereocenters. The molecule has 1 aliphatic carbocycles. The van der Waals surface area contributed by atoms with Crippen LogP contribution < -0.4 is 5.32 Å². The Morgan fingerprint density at radius 2 is 1.62 bits per heavy atom. The van der Waals surface area contributed by atoms with Crippen LogP contribution in [-0.2, 0) is 4.74 Å². The highest BCUT2D eigenvalue weighted by Gasteiger charge is 2.28. The molecule has 29 heavy (non-hydrogen) atoms. The quantitative estimate of drug-likeness (QED) is 0.702. The van der Waals surface area contributed by atoms with Crippen molar-refractivity contribution in [2.75, 3.05) is 13.2 Å². The van der Waals surface area contributed by atoms with Gasteiger partial charge in [0, 0.05) is 5.92 Å². The summed E-state index contributed by atoms with van der Waals surface area (Å²) in [6.07, 6.45) is -0.514. The lowest BCUT2D eigenvalue weighted by Crippen LogP contribution is -2.26. The zero-order valence-electron chi connectivity index (χ0n) is 15.6. The minimum atomic E-state index is -0.514. The minimum absolute atomic E-state index is 0.0251.